The summed E-state index contributed by atoms with van der Waals surface area (Å²) >= 11 is 5.81. The van der Waals surface area contributed by atoms with Crippen LogP contribution in [0.5, 0.6) is 0 Å². The number of fused-ring (bicyclic) bond motifs is 1. The molecule has 0 radical (unpaired) electrons. The third-order valence-corrected chi connectivity index (χ3v) is 4.51. The van der Waals surface area contributed by atoms with E-state index in [-0.39, 0.29) is 23.0 Å². The molecule has 0 amide bonds. The maximum Gasteiger partial charge on any atom is 0.332 e. The van der Waals surface area contributed by atoms with Gasteiger partial charge in [-0.05, 0) is 36.6 Å². The third-order valence-electron chi connectivity index (χ3n) is 4.33. The number of hydrogen-bond donors (Lipinski definition) is 1. The van der Waals surface area contributed by atoms with Gasteiger partial charge in [-0.3, -0.25) is 18.9 Å². The zero-order valence-electron chi connectivity index (χ0n) is 14.9. The number of pyridine rings is 1. The highest BCUT2D eigenvalue weighted by atomic mass is 35.5. The van der Waals surface area contributed by atoms with Crippen LogP contribution in [0.15, 0.2) is 38.5 Å². The first kappa shape index (κ1) is 18.1. The van der Waals surface area contributed by atoms with Crippen molar-refractivity contribution in [3.8, 4) is 11.5 Å². The average molecular weight is 402 g/mol. The molecule has 144 valence electrons. The largest absolute Gasteiger partial charge is 0.339 e. The number of halogens is 1. The third kappa shape index (κ3) is 3.33. The number of aromatic amines is 1. The maximum atomic E-state index is 12.5. The van der Waals surface area contributed by atoms with Crippen molar-refractivity contribution in [2.75, 3.05) is 0 Å². The number of unbranched alkanes of at least 4 members (excludes halogenated alkanes) is 1. The second-order valence-corrected chi connectivity index (χ2v) is 6.57. The number of H-pyrrole nitrogens is 1. The number of aromatic nitrogens is 7. The lowest BCUT2D eigenvalue weighted by atomic mass is 10.2. The Balaban J connectivity index is 1.43. The van der Waals surface area contributed by atoms with Gasteiger partial charge in [-0.15, -0.1) is 0 Å². The summed E-state index contributed by atoms with van der Waals surface area (Å²) in [6.07, 6.45) is 3.45. The maximum absolute atomic E-state index is 12.5. The van der Waals surface area contributed by atoms with E-state index in [2.05, 4.69) is 25.1 Å². The highest BCUT2D eigenvalue weighted by Gasteiger charge is 2.15. The average Bonchev–Trinajstić information content (AvgIpc) is 3.33. The second kappa shape index (κ2) is 7.39. The molecule has 0 saturated heterocycles. The predicted octanol–water partition coefficient (Wildman–Crippen LogP) is 1.54. The molecule has 10 nitrogen and oxygen atoms in total. The van der Waals surface area contributed by atoms with Crippen molar-refractivity contribution in [2.45, 2.75) is 25.8 Å². The van der Waals surface area contributed by atoms with Crippen molar-refractivity contribution in [3.05, 3.63) is 56.4 Å². The second-order valence-electron chi connectivity index (χ2n) is 6.21. The Morgan fingerprint density at radius 3 is 2.86 bits per heavy atom. The lowest BCUT2D eigenvalue weighted by Gasteiger charge is -2.07. The molecule has 0 spiro atoms. The van der Waals surface area contributed by atoms with E-state index in [0.29, 0.717) is 36.7 Å². The van der Waals surface area contributed by atoms with Gasteiger partial charge in [0.15, 0.2) is 11.2 Å². The standard InChI is InChI=1S/C17H16ClN7O3/c1-24-14-12(21-16(18)22-14)15(26)25(17(24)27)9-5-3-7-11-20-13(23-28-11)10-6-2-4-8-19-10/h2,4,6,8H,3,5,7,9H2,1H3,(H,21,22). The Morgan fingerprint density at radius 2 is 2.07 bits per heavy atom. The van der Waals surface area contributed by atoms with Crippen molar-refractivity contribution < 1.29 is 4.52 Å². The molecule has 0 saturated carbocycles. The van der Waals surface area contributed by atoms with E-state index >= 15 is 0 Å². The molecule has 4 rings (SSSR count). The molecule has 0 aliphatic heterocycles. The highest BCUT2D eigenvalue weighted by molar-refractivity contribution is 6.28. The van der Waals surface area contributed by atoms with E-state index in [1.807, 2.05) is 12.1 Å². The Labute approximate surface area is 162 Å². The quantitative estimate of drug-likeness (QED) is 0.383. The lowest BCUT2D eigenvalue weighted by Crippen LogP contribution is -2.39. The smallest absolute Gasteiger partial charge is 0.332 e. The first-order chi connectivity index (χ1) is 13.5. The van der Waals surface area contributed by atoms with E-state index in [1.165, 1.54) is 9.13 Å². The van der Waals surface area contributed by atoms with Crippen molar-refractivity contribution >= 4 is 22.8 Å². The van der Waals surface area contributed by atoms with Crippen LogP contribution >= 0.6 is 11.6 Å². The molecule has 4 aromatic heterocycles. The topological polar surface area (TPSA) is 124 Å². The van der Waals surface area contributed by atoms with Crippen LogP contribution in [0.25, 0.3) is 22.7 Å². The van der Waals surface area contributed by atoms with Crippen molar-refractivity contribution in [1.82, 2.24) is 34.2 Å². The molecule has 0 atom stereocenters. The lowest BCUT2D eigenvalue weighted by molar-refractivity contribution is 0.372. The van der Waals surface area contributed by atoms with Crippen LogP contribution in [0.4, 0.5) is 0 Å². The Bertz CT molecular complexity index is 1240. The first-order valence-electron chi connectivity index (χ1n) is 8.63. The van der Waals surface area contributed by atoms with Gasteiger partial charge in [0.2, 0.25) is 17.0 Å². The van der Waals surface area contributed by atoms with Gasteiger partial charge in [-0.1, -0.05) is 11.2 Å². The van der Waals surface area contributed by atoms with Gasteiger partial charge in [0, 0.05) is 26.2 Å². The molecule has 0 unspecified atom stereocenters. The molecule has 0 bridgehead atoms. The molecule has 4 aromatic rings. The van der Waals surface area contributed by atoms with E-state index in [0.717, 1.165) is 0 Å². The van der Waals surface area contributed by atoms with Crippen molar-refractivity contribution in [1.29, 1.82) is 0 Å². The summed E-state index contributed by atoms with van der Waals surface area (Å²) < 4.78 is 7.71. The fourth-order valence-corrected chi connectivity index (χ4v) is 3.09. The molecule has 28 heavy (non-hydrogen) atoms. The van der Waals surface area contributed by atoms with Gasteiger partial charge in [0.1, 0.15) is 5.69 Å². The van der Waals surface area contributed by atoms with Crippen LogP contribution in [0, 0.1) is 0 Å². The Kier molecular flexibility index (Phi) is 4.78. The molecule has 0 aliphatic carbocycles. The Morgan fingerprint density at radius 1 is 1.21 bits per heavy atom. The van der Waals surface area contributed by atoms with Crippen LogP contribution < -0.4 is 11.2 Å². The summed E-state index contributed by atoms with van der Waals surface area (Å²) in [6.45, 7) is 0.263. The molecule has 11 heteroatoms. The first-order valence-corrected chi connectivity index (χ1v) is 9.01. The van der Waals surface area contributed by atoms with Gasteiger partial charge < -0.3 is 9.51 Å². The molecule has 0 fully saturated rings. The van der Waals surface area contributed by atoms with E-state index in [1.54, 1.807) is 19.3 Å². The summed E-state index contributed by atoms with van der Waals surface area (Å²) in [5.74, 6) is 0.916. The SMILES string of the molecule is Cn1c(=O)n(CCCCc2nc(-c3ccccn3)no2)c(=O)c2[nH]c(Cl)nc21. The molecular weight excluding hydrogens is 386 g/mol. The predicted molar refractivity (Wildman–Crippen MR) is 101 cm³/mol. The van der Waals surface area contributed by atoms with E-state index in [4.69, 9.17) is 16.1 Å². The van der Waals surface area contributed by atoms with Crippen LogP contribution in [-0.2, 0) is 20.0 Å². The summed E-state index contributed by atoms with van der Waals surface area (Å²) in [4.78, 5) is 40.1. The van der Waals surface area contributed by atoms with E-state index < -0.39 is 11.2 Å². The van der Waals surface area contributed by atoms with Gasteiger partial charge in [-0.2, -0.15) is 9.97 Å². The van der Waals surface area contributed by atoms with Crippen LogP contribution in [0.3, 0.4) is 0 Å². The summed E-state index contributed by atoms with van der Waals surface area (Å²) in [5, 5.41) is 3.99. The Hall–Kier alpha value is -3.27. The normalized spacial score (nSPS) is 11.4. The molecule has 0 aromatic carbocycles. The zero-order valence-corrected chi connectivity index (χ0v) is 15.7. The molecule has 4 heterocycles. The number of rotatable bonds is 6. The van der Waals surface area contributed by atoms with Crippen molar-refractivity contribution in [3.63, 3.8) is 0 Å². The monoisotopic (exact) mass is 401 g/mol. The van der Waals surface area contributed by atoms with Crippen LogP contribution in [0.2, 0.25) is 5.28 Å². The molecule has 0 aliphatic rings. The fourth-order valence-electron chi connectivity index (χ4n) is 2.92. The number of nitrogens with zero attached hydrogens (tertiary/aromatic N) is 6. The number of nitrogens with one attached hydrogen (secondary N) is 1. The number of imidazole rings is 1. The minimum Gasteiger partial charge on any atom is -0.339 e. The van der Waals surface area contributed by atoms with Crippen LogP contribution in [-0.4, -0.2) is 34.2 Å². The van der Waals surface area contributed by atoms with Gasteiger partial charge in [-0.25, -0.2) is 4.79 Å². The summed E-state index contributed by atoms with van der Waals surface area (Å²) in [7, 11) is 1.55. The number of hydrogen-bond acceptors (Lipinski definition) is 7. The zero-order chi connectivity index (χ0) is 19.7. The molecule has 1 N–H and O–H groups in total. The van der Waals surface area contributed by atoms with Crippen LogP contribution in [0.1, 0.15) is 18.7 Å². The highest BCUT2D eigenvalue weighted by Crippen LogP contribution is 2.13. The summed E-state index contributed by atoms with van der Waals surface area (Å²) in [5.41, 5.74) is 0.218. The molecular formula is C17H16ClN7O3. The van der Waals surface area contributed by atoms with Gasteiger partial charge >= 0.3 is 5.69 Å². The van der Waals surface area contributed by atoms with Crippen molar-refractivity contribution in [2.24, 2.45) is 7.05 Å². The minimum atomic E-state index is -0.437. The van der Waals surface area contributed by atoms with E-state index in [9.17, 15) is 9.59 Å². The minimum absolute atomic E-state index is 0.0694. The number of aryl methyl sites for hydroxylation is 2. The van der Waals surface area contributed by atoms with Gasteiger partial charge in [0.25, 0.3) is 5.56 Å². The fraction of sp³-hybridized carbons (Fsp3) is 0.294. The van der Waals surface area contributed by atoms with Gasteiger partial charge in [0.05, 0.1) is 0 Å². The summed E-state index contributed by atoms with van der Waals surface area (Å²) in [6, 6.07) is 5.46.